The number of rotatable bonds is 5. The molecule has 0 aliphatic carbocycles. The highest BCUT2D eigenvalue weighted by molar-refractivity contribution is 4.95. The Bertz CT molecular complexity index is 223. The topological polar surface area (TPSA) is 38.5 Å². The zero-order chi connectivity index (χ0) is 12.2. The van der Waals surface area contributed by atoms with Gasteiger partial charge < -0.3 is 15.4 Å². The summed E-state index contributed by atoms with van der Waals surface area (Å²) in [6, 6.07) is 0. The fraction of sp³-hybridized carbons (Fsp3) is 1.00. The average molecular weight is 240 g/mol. The second-order valence-electron chi connectivity index (χ2n) is 4.23. The Balaban J connectivity index is 2.67. The van der Waals surface area contributed by atoms with Crippen molar-refractivity contribution < 1.29 is 17.9 Å². The third-order valence-electron chi connectivity index (χ3n) is 3.06. The molecule has 1 saturated heterocycles. The smallest absolute Gasteiger partial charge is 0.381 e. The molecule has 0 radical (unpaired) electrons. The Kier molecular flexibility index (Phi) is 4.58. The van der Waals surface area contributed by atoms with Crippen molar-refractivity contribution in [2.75, 3.05) is 39.4 Å². The first-order valence-corrected chi connectivity index (χ1v) is 5.52. The van der Waals surface area contributed by atoms with E-state index in [4.69, 9.17) is 10.5 Å². The number of likely N-dealkylation sites (tertiary alicyclic amines) is 1. The fourth-order valence-corrected chi connectivity index (χ4v) is 2.06. The van der Waals surface area contributed by atoms with Crippen LogP contribution >= 0.6 is 0 Å². The zero-order valence-corrected chi connectivity index (χ0v) is 9.52. The van der Waals surface area contributed by atoms with Gasteiger partial charge in [-0.25, -0.2) is 0 Å². The molecule has 1 aliphatic rings. The van der Waals surface area contributed by atoms with Gasteiger partial charge in [0, 0.05) is 26.2 Å². The Morgan fingerprint density at radius 3 is 2.62 bits per heavy atom. The highest BCUT2D eigenvalue weighted by atomic mass is 19.4. The molecule has 1 unspecified atom stereocenters. The number of nitrogens with zero attached hydrogens (tertiary/aromatic N) is 1. The molecule has 0 saturated carbocycles. The maximum absolute atomic E-state index is 13.0. The molecular weight excluding hydrogens is 221 g/mol. The van der Waals surface area contributed by atoms with Crippen molar-refractivity contribution in [2.45, 2.75) is 19.5 Å². The van der Waals surface area contributed by atoms with Crippen molar-refractivity contribution in [2.24, 2.45) is 11.1 Å². The van der Waals surface area contributed by atoms with E-state index in [0.717, 1.165) is 0 Å². The third kappa shape index (κ3) is 2.87. The van der Waals surface area contributed by atoms with E-state index in [2.05, 4.69) is 0 Å². The molecule has 1 heterocycles. The second kappa shape index (κ2) is 5.33. The van der Waals surface area contributed by atoms with E-state index in [9.17, 15) is 13.2 Å². The minimum atomic E-state index is -4.20. The van der Waals surface area contributed by atoms with Crippen LogP contribution in [-0.2, 0) is 4.74 Å². The van der Waals surface area contributed by atoms with Crippen LogP contribution in [0.25, 0.3) is 0 Å². The lowest BCUT2D eigenvalue weighted by Crippen LogP contribution is -2.45. The van der Waals surface area contributed by atoms with E-state index < -0.39 is 11.6 Å². The molecule has 2 N–H and O–H groups in total. The minimum absolute atomic E-state index is 0.00764. The maximum Gasteiger partial charge on any atom is 0.397 e. The molecular formula is C10H19F3N2O. The van der Waals surface area contributed by atoms with E-state index in [1.165, 1.54) is 0 Å². The molecule has 0 aromatic rings. The number of hydrogen-bond donors (Lipinski definition) is 1. The molecule has 6 heteroatoms. The van der Waals surface area contributed by atoms with Gasteiger partial charge in [-0.3, -0.25) is 0 Å². The normalized spacial score (nSPS) is 27.6. The summed E-state index contributed by atoms with van der Waals surface area (Å²) < 4.78 is 44.0. The number of ether oxygens (including phenoxy) is 1. The van der Waals surface area contributed by atoms with E-state index in [0.29, 0.717) is 26.2 Å². The summed E-state index contributed by atoms with van der Waals surface area (Å²) in [5, 5.41) is 0. The van der Waals surface area contributed by atoms with E-state index >= 15 is 0 Å². The maximum atomic E-state index is 13.0. The molecule has 96 valence electrons. The number of hydrogen-bond acceptors (Lipinski definition) is 3. The Morgan fingerprint density at radius 2 is 2.12 bits per heavy atom. The van der Waals surface area contributed by atoms with Crippen molar-refractivity contribution in [3.8, 4) is 0 Å². The highest BCUT2D eigenvalue weighted by Crippen LogP contribution is 2.45. The summed E-state index contributed by atoms with van der Waals surface area (Å²) in [6.07, 6.45) is -4.10. The lowest BCUT2D eigenvalue weighted by Gasteiger charge is -2.31. The molecule has 1 rings (SSSR count). The monoisotopic (exact) mass is 240 g/mol. The van der Waals surface area contributed by atoms with Crippen LogP contribution in [0.3, 0.4) is 0 Å². The SMILES string of the molecule is CCOCC1(C(F)(F)F)CCN(CCN)C1. The van der Waals surface area contributed by atoms with Gasteiger partial charge in [-0.2, -0.15) is 13.2 Å². The Morgan fingerprint density at radius 1 is 1.44 bits per heavy atom. The molecule has 0 bridgehead atoms. The predicted octanol–water partition coefficient (Wildman–Crippen LogP) is 1.24. The Labute approximate surface area is 93.7 Å². The Hall–Kier alpha value is -0.330. The molecule has 3 nitrogen and oxygen atoms in total. The lowest BCUT2D eigenvalue weighted by molar-refractivity contribution is -0.234. The molecule has 16 heavy (non-hydrogen) atoms. The second-order valence-corrected chi connectivity index (χ2v) is 4.23. The quantitative estimate of drug-likeness (QED) is 0.785. The molecule has 0 aromatic carbocycles. The van der Waals surface area contributed by atoms with Crippen LogP contribution in [0.2, 0.25) is 0 Å². The molecule has 0 amide bonds. The number of nitrogens with two attached hydrogens (primary N) is 1. The summed E-state index contributed by atoms with van der Waals surface area (Å²) in [5.41, 5.74) is 3.66. The first kappa shape index (κ1) is 13.7. The van der Waals surface area contributed by atoms with Gasteiger partial charge in [-0.05, 0) is 19.9 Å². The highest BCUT2D eigenvalue weighted by Gasteiger charge is 2.57. The van der Waals surface area contributed by atoms with Crippen LogP contribution in [0, 0.1) is 5.41 Å². The van der Waals surface area contributed by atoms with Crippen LogP contribution in [0.4, 0.5) is 13.2 Å². The van der Waals surface area contributed by atoms with Gasteiger partial charge in [0.1, 0.15) is 5.41 Å². The summed E-state index contributed by atoms with van der Waals surface area (Å²) in [6.45, 7) is 3.14. The van der Waals surface area contributed by atoms with Crippen LogP contribution in [-0.4, -0.2) is 50.5 Å². The van der Waals surface area contributed by atoms with Crippen molar-refractivity contribution in [3.63, 3.8) is 0 Å². The fourth-order valence-electron chi connectivity index (χ4n) is 2.06. The first-order chi connectivity index (χ1) is 7.45. The first-order valence-electron chi connectivity index (χ1n) is 5.52. The predicted molar refractivity (Wildman–Crippen MR) is 55.1 cm³/mol. The van der Waals surface area contributed by atoms with Crippen molar-refractivity contribution in [1.82, 2.24) is 4.90 Å². The summed E-state index contributed by atoms with van der Waals surface area (Å²) in [5.74, 6) is 0. The van der Waals surface area contributed by atoms with E-state index in [-0.39, 0.29) is 19.6 Å². The van der Waals surface area contributed by atoms with E-state index in [1.807, 2.05) is 0 Å². The van der Waals surface area contributed by atoms with Gasteiger partial charge >= 0.3 is 6.18 Å². The van der Waals surface area contributed by atoms with Gasteiger partial charge in [0.25, 0.3) is 0 Å². The molecule has 0 aromatic heterocycles. The van der Waals surface area contributed by atoms with Crippen molar-refractivity contribution in [3.05, 3.63) is 0 Å². The molecule has 1 aliphatic heterocycles. The van der Waals surface area contributed by atoms with Gasteiger partial charge in [0.2, 0.25) is 0 Å². The van der Waals surface area contributed by atoms with Crippen LogP contribution in [0.1, 0.15) is 13.3 Å². The standard InChI is InChI=1S/C10H19F3N2O/c1-2-16-8-9(10(11,12)13)3-5-15(7-9)6-4-14/h2-8,14H2,1H3. The molecule has 0 spiro atoms. The van der Waals surface area contributed by atoms with Gasteiger partial charge in [-0.1, -0.05) is 0 Å². The largest absolute Gasteiger partial charge is 0.397 e. The van der Waals surface area contributed by atoms with Crippen molar-refractivity contribution >= 4 is 0 Å². The van der Waals surface area contributed by atoms with Gasteiger partial charge in [0.05, 0.1) is 6.61 Å². The van der Waals surface area contributed by atoms with E-state index in [1.54, 1.807) is 11.8 Å². The lowest BCUT2D eigenvalue weighted by atomic mass is 9.87. The molecule has 1 atom stereocenters. The number of halogens is 3. The van der Waals surface area contributed by atoms with Crippen LogP contribution in [0.15, 0.2) is 0 Å². The summed E-state index contributed by atoms with van der Waals surface area (Å²) >= 11 is 0. The average Bonchev–Trinajstić information content (AvgIpc) is 2.60. The van der Waals surface area contributed by atoms with Gasteiger partial charge in [-0.15, -0.1) is 0 Å². The summed E-state index contributed by atoms with van der Waals surface area (Å²) in [7, 11) is 0. The number of alkyl halides is 3. The van der Waals surface area contributed by atoms with Crippen LogP contribution < -0.4 is 5.73 Å². The minimum Gasteiger partial charge on any atom is -0.381 e. The van der Waals surface area contributed by atoms with Gasteiger partial charge in [0.15, 0.2) is 0 Å². The van der Waals surface area contributed by atoms with Crippen molar-refractivity contribution in [1.29, 1.82) is 0 Å². The molecule has 1 fully saturated rings. The summed E-state index contributed by atoms with van der Waals surface area (Å²) in [4.78, 5) is 1.76. The zero-order valence-electron chi connectivity index (χ0n) is 9.52. The van der Waals surface area contributed by atoms with Crippen LogP contribution in [0.5, 0.6) is 0 Å². The third-order valence-corrected chi connectivity index (χ3v) is 3.06.